The monoisotopic (exact) mass is 268 g/mol. The average Bonchev–Trinajstić information content (AvgIpc) is 2.84. The van der Waals surface area contributed by atoms with E-state index in [1.807, 2.05) is 6.92 Å². The minimum Gasteiger partial charge on any atom is -0.393 e. The molecule has 6 heteroatoms. The van der Waals surface area contributed by atoms with Crippen LogP contribution in [0.1, 0.15) is 32.0 Å². The van der Waals surface area contributed by atoms with E-state index >= 15 is 0 Å². The summed E-state index contributed by atoms with van der Waals surface area (Å²) in [7, 11) is 0. The van der Waals surface area contributed by atoms with E-state index in [0.717, 1.165) is 25.1 Å². The Hall–Kier alpha value is -1.43. The third-order valence-corrected chi connectivity index (χ3v) is 2.97. The summed E-state index contributed by atoms with van der Waals surface area (Å²) in [5, 5.41) is 2.86. The fraction of sp³-hybridized carbons (Fsp3) is 0.583. The van der Waals surface area contributed by atoms with E-state index in [9.17, 15) is 4.79 Å². The van der Waals surface area contributed by atoms with Crippen molar-refractivity contribution in [3.05, 3.63) is 18.2 Å². The summed E-state index contributed by atoms with van der Waals surface area (Å²) in [4.78, 5) is 19.3. The van der Waals surface area contributed by atoms with Crippen molar-refractivity contribution in [1.82, 2.24) is 15.3 Å². The van der Waals surface area contributed by atoms with Crippen molar-refractivity contribution in [3.63, 3.8) is 0 Å². The Balaban J connectivity index is 2.24. The number of imidazole rings is 1. The average molecular weight is 268 g/mol. The highest BCUT2D eigenvalue weighted by molar-refractivity contribution is 7.80. The first kappa shape index (κ1) is 14.6. The van der Waals surface area contributed by atoms with Gasteiger partial charge in [0.25, 0.3) is 0 Å². The molecular weight excluding hydrogens is 248 g/mol. The lowest BCUT2D eigenvalue weighted by atomic mass is 10.0. The summed E-state index contributed by atoms with van der Waals surface area (Å²) in [5.41, 5.74) is 5.56. The normalized spacial score (nSPS) is 12.1. The number of rotatable bonds is 8. The molecule has 0 radical (unpaired) electrons. The Bertz CT molecular complexity index is 377. The molecule has 1 amide bonds. The highest BCUT2D eigenvalue weighted by Gasteiger charge is 2.19. The predicted molar refractivity (Wildman–Crippen MR) is 75.1 cm³/mol. The Labute approximate surface area is 113 Å². The first-order chi connectivity index (χ1) is 8.65. The second-order valence-electron chi connectivity index (χ2n) is 4.17. The van der Waals surface area contributed by atoms with Crippen molar-refractivity contribution < 1.29 is 4.79 Å². The number of carbonyl (C=O) groups is 1. The number of thiocarbonyl (C=S) groups is 1. The van der Waals surface area contributed by atoms with E-state index < -0.39 is 0 Å². The Morgan fingerprint density at radius 2 is 2.44 bits per heavy atom. The molecule has 0 saturated heterocycles. The molecule has 0 spiro atoms. The fourth-order valence-electron chi connectivity index (χ4n) is 1.72. The highest BCUT2D eigenvalue weighted by Crippen LogP contribution is 2.07. The lowest BCUT2D eigenvalue weighted by Crippen LogP contribution is -2.38. The molecule has 0 aliphatic heterocycles. The number of nitrogens with one attached hydrogen (secondary N) is 2. The molecule has 1 atom stereocenters. The molecule has 1 aromatic heterocycles. The summed E-state index contributed by atoms with van der Waals surface area (Å²) >= 11 is 4.90. The van der Waals surface area contributed by atoms with Gasteiger partial charge in [-0.1, -0.05) is 25.6 Å². The number of aromatic amines is 1. The smallest absolute Gasteiger partial charge is 0.229 e. The van der Waals surface area contributed by atoms with Gasteiger partial charge in [-0.2, -0.15) is 0 Å². The van der Waals surface area contributed by atoms with Crippen molar-refractivity contribution in [1.29, 1.82) is 0 Å². The highest BCUT2D eigenvalue weighted by atomic mass is 32.1. The molecule has 5 nitrogen and oxygen atoms in total. The topological polar surface area (TPSA) is 83.8 Å². The summed E-state index contributed by atoms with van der Waals surface area (Å²) in [5.74, 6) is 0.529. The van der Waals surface area contributed by atoms with Crippen molar-refractivity contribution in [2.75, 3.05) is 6.54 Å². The van der Waals surface area contributed by atoms with E-state index in [4.69, 9.17) is 18.0 Å². The van der Waals surface area contributed by atoms with Gasteiger partial charge < -0.3 is 16.0 Å². The maximum absolute atomic E-state index is 11.8. The lowest BCUT2D eigenvalue weighted by molar-refractivity contribution is -0.123. The first-order valence-electron chi connectivity index (χ1n) is 6.20. The molecule has 1 heterocycles. The Kier molecular flexibility index (Phi) is 6.35. The molecule has 1 rings (SSSR count). The maximum atomic E-state index is 11.8. The molecule has 4 N–H and O–H groups in total. The van der Waals surface area contributed by atoms with Crippen LogP contribution in [0, 0.1) is 5.92 Å². The number of carbonyl (C=O) groups excluding carboxylic acids is 1. The van der Waals surface area contributed by atoms with Gasteiger partial charge in [0.15, 0.2) is 0 Å². The third-order valence-electron chi connectivity index (χ3n) is 2.68. The van der Waals surface area contributed by atoms with Gasteiger partial charge in [0.1, 0.15) is 5.82 Å². The van der Waals surface area contributed by atoms with Crippen LogP contribution in [-0.4, -0.2) is 27.4 Å². The van der Waals surface area contributed by atoms with Crippen molar-refractivity contribution in [2.45, 2.75) is 32.6 Å². The van der Waals surface area contributed by atoms with Gasteiger partial charge in [0.2, 0.25) is 5.91 Å². The molecule has 1 aromatic rings. The minimum atomic E-state index is -0.339. The standard InChI is InChI=1S/C12H20N4OS/c1-2-4-9(11(13)18)12(17)16-6-3-5-10-14-7-8-15-10/h7-9H,2-6H2,1H3,(H2,13,18)(H,14,15)(H,16,17). The van der Waals surface area contributed by atoms with E-state index in [1.165, 1.54) is 0 Å². The van der Waals surface area contributed by atoms with Crippen LogP contribution in [-0.2, 0) is 11.2 Å². The number of aryl methyl sites for hydroxylation is 1. The quantitative estimate of drug-likeness (QED) is 0.488. The van der Waals surface area contributed by atoms with Crippen LogP contribution in [0.5, 0.6) is 0 Å². The van der Waals surface area contributed by atoms with Crippen LogP contribution < -0.4 is 11.1 Å². The van der Waals surface area contributed by atoms with Gasteiger partial charge in [-0.05, 0) is 12.8 Å². The number of nitrogens with two attached hydrogens (primary N) is 1. The SMILES string of the molecule is CCCC(C(=O)NCCCc1ncc[nH]1)C(N)=S. The molecule has 0 saturated carbocycles. The van der Waals surface area contributed by atoms with Crippen LogP contribution in [0.25, 0.3) is 0 Å². The molecule has 100 valence electrons. The summed E-state index contributed by atoms with van der Waals surface area (Å²) in [6.07, 6.45) is 6.77. The Morgan fingerprint density at radius 1 is 1.67 bits per heavy atom. The molecule has 18 heavy (non-hydrogen) atoms. The van der Waals surface area contributed by atoms with Gasteiger partial charge in [0.05, 0.1) is 10.9 Å². The minimum absolute atomic E-state index is 0.0659. The van der Waals surface area contributed by atoms with Crippen molar-refractivity contribution >= 4 is 23.1 Å². The zero-order valence-corrected chi connectivity index (χ0v) is 11.4. The number of aromatic nitrogens is 2. The fourth-order valence-corrected chi connectivity index (χ4v) is 1.94. The van der Waals surface area contributed by atoms with Crippen LogP contribution in [0.3, 0.4) is 0 Å². The molecule has 0 aliphatic rings. The van der Waals surface area contributed by atoms with Crippen molar-refractivity contribution in [3.8, 4) is 0 Å². The number of H-pyrrole nitrogens is 1. The van der Waals surface area contributed by atoms with Gasteiger partial charge in [-0.25, -0.2) is 4.98 Å². The third kappa shape index (κ3) is 4.83. The maximum Gasteiger partial charge on any atom is 0.229 e. The molecule has 0 aromatic carbocycles. The summed E-state index contributed by atoms with van der Waals surface area (Å²) in [6, 6.07) is 0. The lowest BCUT2D eigenvalue weighted by Gasteiger charge is -2.14. The number of nitrogens with zero attached hydrogens (tertiary/aromatic N) is 1. The van der Waals surface area contributed by atoms with Gasteiger partial charge in [-0.15, -0.1) is 0 Å². The molecular formula is C12H20N4OS. The van der Waals surface area contributed by atoms with E-state index in [1.54, 1.807) is 12.4 Å². The van der Waals surface area contributed by atoms with E-state index in [0.29, 0.717) is 13.0 Å². The first-order valence-corrected chi connectivity index (χ1v) is 6.61. The van der Waals surface area contributed by atoms with Gasteiger partial charge >= 0.3 is 0 Å². The van der Waals surface area contributed by atoms with Crippen LogP contribution in [0.2, 0.25) is 0 Å². The van der Waals surface area contributed by atoms with E-state index in [-0.39, 0.29) is 16.8 Å². The van der Waals surface area contributed by atoms with Crippen LogP contribution in [0.15, 0.2) is 12.4 Å². The largest absolute Gasteiger partial charge is 0.393 e. The predicted octanol–water partition coefficient (Wildman–Crippen LogP) is 1.16. The van der Waals surface area contributed by atoms with Gasteiger partial charge in [-0.3, -0.25) is 4.79 Å². The molecule has 0 aliphatic carbocycles. The van der Waals surface area contributed by atoms with E-state index in [2.05, 4.69) is 15.3 Å². The number of amides is 1. The second kappa shape index (κ2) is 7.81. The molecule has 1 unspecified atom stereocenters. The van der Waals surface area contributed by atoms with Gasteiger partial charge in [0, 0.05) is 25.4 Å². The van der Waals surface area contributed by atoms with Crippen LogP contribution >= 0.6 is 12.2 Å². The molecule has 0 bridgehead atoms. The number of hydrogen-bond donors (Lipinski definition) is 3. The zero-order chi connectivity index (χ0) is 13.4. The second-order valence-corrected chi connectivity index (χ2v) is 4.65. The molecule has 0 fully saturated rings. The zero-order valence-electron chi connectivity index (χ0n) is 10.6. The van der Waals surface area contributed by atoms with Crippen LogP contribution in [0.4, 0.5) is 0 Å². The summed E-state index contributed by atoms with van der Waals surface area (Å²) in [6.45, 7) is 2.62. The summed E-state index contributed by atoms with van der Waals surface area (Å²) < 4.78 is 0. The van der Waals surface area contributed by atoms with Crippen molar-refractivity contribution in [2.24, 2.45) is 11.7 Å². The Morgan fingerprint density at radius 3 is 3.00 bits per heavy atom. The number of hydrogen-bond acceptors (Lipinski definition) is 3.